The van der Waals surface area contributed by atoms with Crippen molar-refractivity contribution in [2.75, 3.05) is 39.3 Å². The van der Waals surface area contributed by atoms with E-state index in [1.54, 1.807) is 0 Å². The zero-order valence-corrected chi connectivity index (χ0v) is 22.2. The minimum absolute atomic E-state index is 0.0244. The molecule has 1 saturated heterocycles. The second-order valence-corrected chi connectivity index (χ2v) is 10.4. The Kier molecular flexibility index (Phi) is 8.01. The number of hydrogen-bond donors (Lipinski definition) is 2. The van der Waals surface area contributed by atoms with Crippen molar-refractivity contribution in [1.82, 2.24) is 20.4 Å². The number of nitrogens with zero attached hydrogens (tertiary/aromatic N) is 2. The maximum atomic E-state index is 13.0. The lowest BCUT2D eigenvalue weighted by Gasteiger charge is -2.37. The van der Waals surface area contributed by atoms with Crippen LogP contribution in [0.25, 0.3) is 21.5 Å². The molecule has 0 aromatic heterocycles. The summed E-state index contributed by atoms with van der Waals surface area (Å²) in [6, 6.07) is 27.8. The van der Waals surface area contributed by atoms with Gasteiger partial charge in [-0.05, 0) is 47.5 Å². The van der Waals surface area contributed by atoms with Gasteiger partial charge in [0.25, 0.3) is 11.8 Å². The van der Waals surface area contributed by atoms with Crippen LogP contribution in [-0.2, 0) is 0 Å². The van der Waals surface area contributed by atoms with E-state index in [-0.39, 0.29) is 23.9 Å². The van der Waals surface area contributed by atoms with E-state index in [9.17, 15) is 9.59 Å². The van der Waals surface area contributed by atoms with Crippen LogP contribution in [0.3, 0.4) is 0 Å². The lowest BCUT2D eigenvalue weighted by molar-refractivity contribution is 0.0867. The van der Waals surface area contributed by atoms with Crippen molar-refractivity contribution < 1.29 is 9.59 Å². The minimum Gasteiger partial charge on any atom is -0.348 e. The van der Waals surface area contributed by atoms with E-state index in [0.717, 1.165) is 71.9 Å². The molecule has 1 aliphatic heterocycles. The fraction of sp³-hybridized carbons (Fsp3) is 0.312. The first-order valence-electron chi connectivity index (χ1n) is 13.5. The van der Waals surface area contributed by atoms with Crippen LogP contribution in [0.1, 0.15) is 34.6 Å². The molecule has 0 aliphatic carbocycles. The van der Waals surface area contributed by atoms with Gasteiger partial charge in [0.1, 0.15) is 0 Å². The van der Waals surface area contributed by atoms with Gasteiger partial charge in [0.2, 0.25) is 0 Å². The Morgan fingerprint density at radius 2 is 0.974 bits per heavy atom. The van der Waals surface area contributed by atoms with E-state index in [4.69, 9.17) is 0 Å². The molecule has 0 spiro atoms. The van der Waals surface area contributed by atoms with Gasteiger partial charge >= 0.3 is 0 Å². The molecule has 6 nitrogen and oxygen atoms in total. The zero-order chi connectivity index (χ0) is 26.5. The maximum absolute atomic E-state index is 13.0. The summed E-state index contributed by atoms with van der Waals surface area (Å²) in [6.07, 6.45) is 0. The van der Waals surface area contributed by atoms with Crippen LogP contribution < -0.4 is 10.6 Å². The maximum Gasteiger partial charge on any atom is 0.252 e. The Balaban J connectivity index is 1.08. The number of fused-ring (bicyclic) bond motifs is 2. The number of piperazine rings is 1. The van der Waals surface area contributed by atoms with Gasteiger partial charge in [-0.3, -0.25) is 19.4 Å². The summed E-state index contributed by atoms with van der Waals surface area (Å²) in [5, 5.41) is 10.5. The van der Waals surface area contributed by atoms with Crippen LogP contribution >= 0.6 is 0 Å². The minimum atomic E-state index is -0.0244. The van der Waals surface area contributed by atoms with E-state index in [1.807, 2.05) is 84.9 Å². The Hall–Kier alpha value is -3.74. The standard InChI is InChI=1S/C32H36N4O2/c1-23(33-31(37)29-15-7-11-25-9-3-5-13-27(25)29)21-35-17-19-36(20-18-35)22-24(2)34-32(38)30-16-8-12-26-10-4-6-14-28(26)30/h3-16,23-24H,17-22H2,1-2H3,(H,33,37)(H,34,38). The van der Waals surface area contributed by atoms with Gasteiger partial charge in [0.05, 0.1) is 0 Å². The number of amides is 2. The fourth-order valence-electron chi connectivity index (χ4n) is 5.47. The molecule has 0 saturated carbocycles. The number of hydrogen-bond acceptors (Lipinski definition) is 4. The van der Waals surface area contributed by atoms with Gasteiger partial charge in [-0.1, -0.05) is 72.8 Å². The summed E-state index contributed by atoms with van der Waals surface area (Å²) in [6.45, 7) is 9.55. The number of benzene rings is 4. The Labute approximate surface area is 224 Å². The van der Waals surface area contributed by atoms with Crippen LogP contribution in [0, 0.1) is 0 Å². The van der Waals surface area contributed by atoms with Crippen molar-refractivity contribution in [2.45, 2.75) is 25.9 Å². The van der Waals surface area contributed by atoms with Crippen LogP contribution in [0.2, 0.25) is 0 Å². The Morgan fingerprint density at radius 1 is 0.605 bits per heavy atom. The number of carbonyl (C=O) groups is 2. The lowest BCUT2D eigenvalue weighted by Crippen LogP contribution is -2.53. The van der Waals surface area contributed by atoms with Crippen molar-refractivity contribution in [3.05, 3.63) is 96.1 Å². The second-order valence-electron chi connectivity index (χ2n) is 10.4. The molecule has 5 rings (SSSR count). The molecule has 2 amide bonds. The molecule has 1 heterocycles. The third-order valence-electron chi connectivity index (χ3n) is 7.35. The fourth-order valence-corrected chi connectivity index (χ4v) is 5.47. The molecule has 4 aromatic carbocycles. The molecule has 38 heavy (non-hydrogen) atoms. The largest absolute Gasteiger partial charge is 0.348 e. The first kappa shape index (κ1) is 25.9. The molecule has 4 aromatic rings. The summed E-state index contributed by atoms with van der Waals surface area (Å²) < 4.78 is 0. The van der Waals surface area contributed by atoms with Gasteiger partial charge < -0.3 is 10.6 Å². The van der Waals surface area contributed by atoms with Gasteiger partial charge in [0.15, 0.2) is 0 Å². The predicted octanol–water partition coefficient (Wildman–Crippen LogP) is 4.55. The third-order valence-corrected chi connectivity index (χ3v) is 7.35. The first-order valence-corrected chi connectivity index (χ1v) is 13.5. The topological polar surface area (TPSA) is 64.7 Å². The average molecular weight is 509 g/mol. The predicted molar refractivity (Wildman–Crippen MR) is 155 cm³/mol. The summed E-state index contributed by atoms with van der Waals surface area (Å²) in [4.78, 5) is 30.8. The third kappa shape index (κ3) is 6.04. The second kappa shape index (κ2) is 11.8. The SMILES string of the molecule is CC(CN1CCN(CC(C)NC(=O)c2cccc3ccccc23)CC1)NC(=O)c1cccc2ccccc12. The molecular formula is C32H36N4O2. The van der Waals surface area contributed by atoms with Gasteiger partial charge in [-0.25, -0.2) is 0 Å². The Morgan fingerprint density at radius 3 is 1.39 bits per heavy atom. The number of nitrogens with one attached hydrogen (secondary N) is 2. The van der Waals surface area contributed by atoms with E-state index in [0.29, 0.717) is 0 Å². The van der Waals surface area contributed by atoms with Crippen molar-refractivity contribution in [1.29, 1.82) is 0 Å². The highest BCUT2D eigenvalue weighted by Crippen LogP contribution is 2.20. The highest BCUT2D eigenvalue weighted by molar-refractivity contribution is 6.07. The smallest absolute Gasteiger partial charge is 0.252 e. The molecule has 6 heteroatoms. The molecule has 2 N–H and O–H groups in total. The zero-order valence-electron chi connectivity index (χ0n) is 22.2. The molecule has 2 atom stereocenters. The van der Waals surface area contributed by atoms with Crippen LogP contribution in [0.15, 0.2) is 84.9 Å². The first-order chi connectivity index (χ1) is 18.5. The van der Waals surface area contributed by atoms with Gasteiger partial charge in [-0.2, -0.15) is 0 Å². The molecule has 0 radical (unpaired) electrons. The average Bonchev–Trinajstić information content (AvgIpc) is 2.93. The number of carbonyl (C=O) groups excluding carboxylic acids is 2. The summed E-state index contributed by atoms with van der Waals surface area (Å²) >= 11 is 0. The summed E-state index contributed by atoms with van der Waals surface area (Å²) in [7, 11) is 0. The van der Waals surface area contributed by atoms with Gasteiger partial charge in [0, 0.05) is 62.5 Å². The van der Waals surface area contributed by atoms with E-state index in [2.05, 4.69) is 34.3 Å². The summed E-state index contributed by atoms with van der Waals surface area (Å²) in [5.74, 6) is -0.0487. The quantitative estimate of drug-likeness (QED) is 0.367. The monoisotopic (exact) mass is 508 g/mol. The molecule has 1 aliphatic rings. The van der Waals surface area contributed by atoms with E-state index < -0.39 is 0 Å². The van der Waals surface area contributed by atoms with Crippen LogP contribution in [-0.4, -0.2) is 73.0 Å². The molecule has 196 valence electrons. The van der Waals surface area contributed by atoms with Crippen molar-refractivity contribution in [2.24, 2.45) is 0 Å². The highest BCUT2D eigenvalue weighted by atomic mass is 16.2. The normalized spacial score (nSPS) is 16.3. The molecule has 2 unspecified atom stereocenters. The lowest BCUT2D eigenvalue weighted by atomic mass is 10.0. The van der Waals surface area contributed by atoms with E-state index in [1.165, 1.54) is 0 Å². The molecule has 0 bridgehead atoms. The molecular weight excluding hydrogens is 472 g/mol. The molecule has 1 fully saturated rings. The van der Waals surface area contributed by atoms with Crippen molar-refractivity contribution >= 4 is 33.4 Å². The highest BCUT2D eigenvalue weighted by Gasteiger charge is 2.22. The van der Waals surface area contributed by atoms with Crippen molar-refractivity contribution in [3.8, 4) is 0 Å². The number of rotatable bonds is 8. The Bertz CT molecular complexity index is 1310. The van der Waals surface area contributed by atoms with Crippen LogP contribution in [0.4, 0.5) is 0 Å². The summed E-state index contributed by atoms with van der Waals surface area (Å²) in [5.41, 5.74) is 1.44. The van der Waals surface area contributed by atoms with Crippen LogP contribution in [0.5, 0.6) is 0 Å². The van der Waals surface area contributed by atoms with Gasteiger partial charge in [-0.15, -0.1) is 0 Å². The van der Waals surface area contributed by atoms with E-state index >= 15 is 0 Å². The van der Waals surface area contributed by atoms with Crippen molar-refractivity contribution in [3.63, 3.8) is 0 Å².